The molecule has 0 unspecified atom stereocenters. The maximum absolute atomic E-state index is 3.56. The molecule has 0 spiro atoms. The van der Waals surface area contributed by atoms with E-state index < -0.39 is 0 Å². The predicted molar refractivity (Wildman–Crippen MR) is 109 cm³/mol. The van der Waals surface area contributed by atoms with Crippen LogP contribution in [-0.4, -0.2) is 0 Å². The summed E-state index contributed by atoms with van der Waals surface area (Å²) in [4.78, 5) is 0. The zero-order valence-corrected chi connectivity index (χ0v) is 20.6. The van der Waals surface area contributed by atoms with Crippen LogP contribution in [0.4, 0.5) is 0 Å². The molecule has 0 radical (unpaired) electrons. The van der Waals surface area contributed by atoms with Crippen LogP contribution < -0.4 is 37.2 Å². The molecule has 4 rings (SSSR count). The average Bonchev–Trinajstić information content (AvgIpc) is 3.18. The molecule has 1 aliphatic rings. The molecule has 0 saturated heterocycles. The van der Waals surface area contributed by atoms with Crippen LogP contribution in [0.25, 0.3) is 0 Å². The topological polar surface area (TPSA) is 0 Å². The van der Waals surface area contributed by atoms with Crippen LogP contribution in [0.15, 0.2) is 108 Å². The van der Waals surface area contributed by atoms with Gasteiger partial charge in [-0.1, -0.05) is 115 Å². The van der Waals surface area contributed by atoms with Gasteiger partial charge in [-0.3, -0.25) is 6.08 Å². The van der Waals surface area contributed by atoms with Crippen molar-refractivity contribution in [1.82, 2.24) is 0 Å². The summed E-state index contributed by atoms with van der Waals surface area (Å²) in [5.41, 5.74) is 6.65. The van der Waals surface area contributed by atoms with E-state index in [0.29, 0.717) is 0 Å². The van der Waals surface area contributed by atoms with Gasteiger partial charge in [0.25, 0.3) is 0 Å². The van der Waals surface area contributed by atoms with E-state index in [1.54, 1.807) is 0 Å². The summed E-state index contributed by atoms with van der Waals surface area (Å²) in [6.07, 6.45) is 7.64. The third-order valence-corrected chi connectivity index (χ3v) is 5.48. The van der Waals surface area contributed by atoms with Gasteiger partial charge in [0.2, 0.25) is 0 Å². The minimum Gasteiger partial charge on any atom is -1.00 e. The first-order chi connectivity index (χ1) is 12.8. The van der Waals surface area contributed by atoms with Crippen LogP contribution >= 0.6 is 0 Å². The molecule has 0 aliphatic heterocycles. The first-order valence-electron chi connectivity index (χ1n) is 9.24. The van der Waals surface area contributed by atoms with Crippen LogP contribution in [0.5, 0.6) is 0 Å². The molecule has 0 atom stereocenters. The molecule has 30 heavy (non-hydrogen) atoms. The van der Waals surface area contributed by atoms with Crippen molar-refractivity contribution in [2.45, 2.75) is 25.2 Å². The maximum atomic E-state index is 3.56. The molecule has 0 heterocycles. The number of benzene rings is 3. The minimum atomic E-state index is -0.146. The minimum absolute atomic E-state index is 0. The van der Waals surface area contributed by atoms with Crippen molar-refractivity contribution in [2.75, 3.05) is 0 Å². The summed E-state index contributed by atoms with van der Waals surface area (Å²) in [7, 11) is 0. The molecule has 0 amide bonds. The van der Waals surface area contributed by atoms with Crippen LogP contribution in [0, 0.1) is 6.08 Å². The SMILES string of the molecule is CC(C1=C(Cc2ccccc2)[C-]=CC1)(c1ccccc1)c1ccccc1.[Cl-].[Cl-].[Cl-].[Ti+4]. The van der Waals surface area contributed by atoms with E-state index in [2.05, 4.69) is 110 Å². The zero-order valence-electron chi connectivity index (χ0n) is 16.8. The summed E-state index contributed by atoms with van der Waals surface area (Å²) < 4.78 is 0. The van der Waals surface area contributed by atoms with Gasteiger partial charge in [0.15, 0.2) is 0 Å². The van der Waals surface area contributed by atoms with Crippen molar-refractivity contribution >= 4 is 0 Å². The first kappa shape index (κ1) is 28.7. The molecule has 3 aromatic carbocycles. The smallest absolute Gasteiger partial charge is 1.00 e. The largest absolute Gasteiger partial charge is 4.00 e. The van der Waals surface area contributed by atoms with Gasteiger partial charge in [0.05, 0.1) is 0 Å². The van der Waals surface area contributed by atoms with Crippen molar-refractivity contribution in [3.63, 3.8) is 0 Å². The molecule has 152 valence electrons. The standard InChI is InChI=1S/C26H23.3ClH.Ti/c1-26(23-15-7-3-8-16-23,24-17-9-4-10-18-24)25-19-11-14-22(25)20-21-12-5-2-6-13-21;;;;/h2-13,15-18H,19-20H2,1H3;3*1H;/q-1;;;;+4/p-3. The van der Waals surface area contributed by atoms with Crippen molar-refractivity contribution in [2.24, 2.45) is 0 Å². The maximum Gasteiger partial charge on any atom is 4.00 e. The fourth-order valence-electron chi connectivity index (χ4n) is 4.01. The monoisotopic (exact) mass is 488 g/mol. The fraction of sp³-hybridized carbons (Fsp3) is 0.154. The average molecular weight is 490 g/mol. The van der Waals surface area contributed by atoms with Gasteiger partial charge in [0.1, 0.15) is 0 Å². The van der Waals surface area contributed by atoms with Gasteiger partial charge in [0, 0.05) is 0 Å². The van der Waals surface area contributed by atoms with Gasteiger partial charge in [-0.05, 0) is 17.4 Å². The Bertz CT molecular complexity index is 896. The Balaban J connectivity index is 0.00000210. The van der Waals surface area contributed by atoms with Crippen LogP contribution in [0.1, 0.15) is 30.0 Å². The van der Waals surface area contributed by atoms with Crippen molar-refractivity contribution in [3.05, 3.63) is 131 Å². The third kappa shape index (κ3) is 5.91. The molecule has 0 bridgehead atoms. The molecular formula is C26H23Cl3Ti. The van der Waals surface area contributed by atoms with E-state index >= 15 is 0 Å². The van der Waals surface area contributed by atoms with Gasteiger partial charge in [-0.25, -0.2) is 5.57 Å². The van der Waals surface area contributed by atoms with Crippen LogP contribution in [0.2, 0.25) is 0 Å². The fourth-order valence-corrected chi connectivity index (χ4v) is 4.01. The summed E-state index contributed by atoms with van der Waals surface area (Å²) in [5.74, 6) is 0. The molecule has 1 aliphatic carbocycles. The molecule has 0 saturated carbocycles. The van der Waals surface area contributed by atoms with E-state index in [4.69, 9.17) is 0 Å². The van der Waals surface area contributed by atoms with Gasteiger partial charge < -0.3 is 37.2 Å². The Morgan fingerprint density at radius 2 is 1.13 bits per heavy atom. The normalized spacial score (nSPS) is 12.2. The molecule has 0 N–H and O–H groups in total. The van der Waals surface area contributed by atoms with E-state index in [1.807, 2.05) is 0 Å². The second kappa shape index (κ2) is 13.2. The zero-order chi connectivity index (χ0) is 17.8. The second-order valence-corrected chi connectivity index (χ2v) is 7.03. The van der Waals surface area contributed by atoms with E-state index in [-0.39, 0.29) is 64.4 Å². The Hall–Kier alpha value is -1.28. The van der Waals surface area contributed by atoms with E-state index in [9.17, 15) is 0 Å². The van der Waals surface area contributed by atoms with Crippen LogP contribution in [0.3, 0.4) is 0 Å². The molecule has 3 aromatic rings. The Morgan fingerprint density at radius 1 is 0.700 bits per heavy atom. The Morgan fingerprint density at radius 3 is 1.60 bits per heavy atom. The molecule has 0 nitrogen and oxygen atoms in total. The summed E-state index contributed by atoms with van der Waals surface area (Å²) in [5, 5.41) is 0. The predicted octanol–water partition coefficient (Wildman–Crippen LogP) is -2.70. The molecule has 0 fully saturated rings. The number of halogens is 3. The second-order valence-electron chi connectivity index (χ2n) is 7.03. The number of hydrogen-bond donors (Lipinski definition) is 0. The first-order valence-corrected chi connectivity index (χ1v) is 9.24. The van der Waals surface area contributed by atoms with Gasteiger partial charge >= 0.3 is 21.7 Å². The van der Waals surface area contributed by atoms with Crippen molar-refractivity contribution < 1.29 is 58.9 Å². The quantitative estimate of drug-likeness (QED) is 0.271. The summed E-state index contributed by atoms with van der Waals surface area (Å²) >= 11 is 0. The number of rotatable bonds is 5. The Labute approximate surface area is 214 Å². The van der Waals surface area contributed by atoms with Crippen molar-refractivity contribution in [3.8, 4) is 0 Å². The van der Waals surface area contributed by atoms with Crippen molar-refractivity contribution in [1.29, 1.82) is 0 Å². The number of allylic oxidation sites excluding steroid dienone is 4. The van der Waals surface area contributed by atoms with Gasteiger partial charge in [-0.15, -0.1) is 0 Å². The summed E-state index contributed by atoms with van der Waals surface area (Å²) in [6, 6.07) is 32.4. The van der Waals surface area contributed by atoms with Crippen LogP contribution in [-0.2, 0) is 33.6 Å². The molecule has 0 aromatic heterocycles. The summed E-state index contributed by atoms with van der Waals surface area (Å²) in [6.45, 7) is 2.36. The molecule has 4 heteroatoms. The van der Waals surface area contributed by atoms with E-state index in [0.717, 1.165) is 12.8 Å². The third-order valence-electron chi connectivity index (χ3n) is 5.48. The van der Waals surface area contributed by atoms with Gasteiger partial charge in [-0.2, -0.15) is 11.6 Å². The molecular weight excluding hydrogens is 467 g/mol. The number of hydrogen-bond acceptors (Lipinski definition) is 0. The Kier molecular flexibility index (Phi) is 12.6. The van der Waals surface area contributed by atoms with E-state index in [1.165, 1.54) is 27.8 Å².